The number of piperazine rings is 1. The Morgan fingerprint density at radius 3 is 2.50 bits per heavy atom. The van der Waals surface area contributed by atoms with E-state index in [1.54, 1.807) is 0 Å². The van der Waals surface area contributed by atoms with Gasteiger partial charge in [0.05, 0.1) is 0 Å². The number of oxazole rings is 1. The lowest BCUT2D eigenvalue weighted by Gasteiger charge is -2.37. The van der Waals surface area contributed by atoms with Crippen molar-refractivity contribution in [1.29, 1.82) is 0 Å². The Morgan fingerprint density at radius 1 is 1.00 bits per heavy atom. The Bertz CT molecular complexity index is 1050. The molecule has 6 heteroatoms. The van der Waals surface area contributed by atoms with Crippen LogP contribution in [0.2, 0.25) is 0 Å². The molecule has 6 nitrogen and oxygen atoms in total. The minimum absolute atomic E-state index is 0.128. The predicted molar refractivity (Wildman–Crippen MR) is 128 cm³/mol. The summed E-state index contributed by atoms with van der Waals surface area (Å²) in [5.74, 6) is 0.529. The van der Waals surface area contributed by atoms with E-state index in [4.69, 9.17) is 4.42 Å². The molecule has 4 rings (SSSR count). The van der Waals surface area contributed by atoms with Gasteiger partial charge in [0, 0.05) is 44.0 Å². The van der Waals surface area contributed by atoms with E-state index >= 15 is 0 Å². The molecule has 0 unspecified atom stereocenters. The zero-order chi connectivity index (χ0) is 22.5. The average Bonchev–Trinajstić information content (AvgIpc) is 3.21. The predicted octanol–water partition coefficient (Wildman–Crippen LogP) is 4.21. The minimum atomic E-state index is -0.255. The molecule has 2 aromatic carbocycles. The number of hydrogen-bond donors (Lipinski definition) is 1. The first-order valence-electron chi connectivity index (χ1n) is 11.4. The highest BCUT2D eigenvalue weighted by atomic mass is 16.4. The van der Waals surface area contributed by atoms with Crippen molar-refractivity contribution >= 4 is 11.6 Å². The summed E-state index contributed by atoms with van der Waals surface area (Å²) in [5, 5.41) is 2.95. The minimum Gasteiger partial charge on any atom is -0.437 e. The normalized spacial score (nSPS) is 14.5. The van der Waals surface area contributed by atoms with Crippen LogP contribution in [0.25, 0.3) is 11.3 Å². The van der Waals surface area contributed by atoms with Gasteiger partial charge in [0.15, 0.2) is 0 Å². The number of rotatable bonds is 7. The van der Waals surface area contributed by atoms with E-state index in [9.17, 15) is 4.79 Å². The van der Waals surface area contributed by atoms with E-state index in [0.29, 0.717) is 12.3 Å². The first kappa shape index (κ1) is 22.1. The topological polar surface area (TPSA) is 61.6 Å². The van der Waals surface area contributed by atoms with Crippen LogP contribution in [-0.4, -0.2) is 55.1 Å². The van der Waals surface area contributed by atoms with Gasteiger partial charge in [-0.3, -0.25) is 9.69 Å². The van der Waals surface area contributed by atoms with Crippen molar-refractivity contribution in [2.24, 2.45) is 0 Å². The third kappa shape index (κ3) is 5.02. The summed E-state index contributed by atoms with van der Waals surface area (Å²) in [6.45, 7) is 12.0. The number of hydrogen-bond acceptors (Lipinski definition) is 5. The van der Waals surface area contributed by atoms with Crippen LogP contribution in [0.4, 0.5) is 5.69 Å². The van der Waals surface area contributed by atoms with Crippen molar-refractivity contribution < 1.29 is 9.21 Å². The smallest absolute Gasteiger partial charge is 0.307 e. The van der Waals surface area contributed by atoms with Gasteiger partial charge in [-0.15, -0.1) is 0 Å². The number of aryl methyl sites for hydroxylation is 2. The molecule has 1 N–H and O–H groups in total. The van der Waals surface area contributed by atoms with E-state index in [2.05, 4.69) is 52.1 Å². The summed E-state index contributed by atoms with van der Waals surface area (Å²) in [4.78, 5) is 21.8. The second-order valence-electron chi connectivity index (χ2n) is 8.45. The maximum atomic E-state index is 12.5. The van der Waals surface area contributed by atoms with Crippen LogP contribution in [0.5, 0.6) is 0 Å². The third-order valence-corrected chi connectivity index (χ3v) is 6.26. The summed E-state index contributed by atoms with van der Waals surface area (Å²) < 4.78 is 5.61. The Balaban J connectivity index is 1.21. The van der Waals surface area contributed by atoms with Gasteiger partial charge in [0.25, 0.3) is 5.89 Å². The van der Waals surface area contributed by atoms with Crippen molar-refractivity contribution in [3.63, 3.8) is 0 Å². The lowest BCUT2D eigenvalue weighted by molar-refractivity contribution is 0.0915. The molecule has 0 spiro atoms. The first-order chi connectivity index (χ1) is 15.5. The second-order valence-corrected chi connectivity index (χ2v) is 8.45. The molecule has 1 saturated heterocycles. The summed E-state index contributed by atoms with van der Waals surface area (Å²) in [7, 11) is 0. The number of nitrogens with zero attached hydrogens (tertiary/aromatic N) is 3. The number of carbonyl (C=O) groups is 1. The molecule has 0 bridgehead atoms. The molecule has 32 heavy (non-hydrogen) atoms. The molecule has 1 aliphatic rings. The van der Waals surface area contributed by atoms with Crippen molar-refractivity contribution in [2.75, 3.05) is 44.2 Å². The van der Waals surface area contributed by atoms with Crippen molar-refractivity contribution in [3.05, 3.63) is 71.3 Å². The standard InChI is InChI=1S/C26H32N4O2/c1-19-9-7-12-23(20(19)2)30-17-15-29(16-18-30)14-8-13-27-25(31)26-28-24(21(3)32-26)22-10-5-4-6-11-22/h4-7,9-12H,8,13-18H2,1-3H3,(H,27,31). The quantitative estimate of drug-likeness (QED) is 0.567. The molecule has 0 atom stereocenters. The summed E-state index contributed by atoms with van der Waals surface area (Å²) in [6, 6.07) is 16.3. The zero-order valence-corrected chi connectivity index (χ0v) is 19.2. The molecule has 168 valence electrons. The zero-order valence-electron chi connectivity index (χ0n) is 19.2. The molecule has 1 amide bonds. The van der Waals surface area contributed by atoms with Gasteiger partial charge >= 0.3 is 5.91 Å². The maximum absolute atomic E-state index is 12.5. The number of benzene rings is 2. The molecular formula is C26H32N4O2. The lowest BCUT2D eigenvalue weighted by Crippen LogP contribution is -2.47. The molecule has 1 aromatic heterocycles. The number of nitrogens with one attached hydrogen (secondary N) is 1. The van der Waals surface area contributed by atoms with Crippen molar-refractivity contribution in [1.82, 2.24) is 15.2 Å². The second kappa shape index (κ2) is 10.0. The van der Waals surface area contributed by atoms with Gasteiger partial charge in [0.2, 0.25) is 0 Å². The number of anilines is 1. The summed E-state index contributed by atoms with van der Waals surface area (Å²) in [6.07, 6.45) is 0.903. The lowest BCUT2D eigenvalue weighted by atomic mass is 10.1. The summed E-state index contributed by atoms with van der Waals surface area (Å²) in [5.41, 5.74) is 5.75. The molecule has 2 heterocycles. The van der Waals surface area contributed by atoms with Crippen LogP contribution in [0.3, 0.4) is 0 Å². The number of amides is 1. The summed E-state index contributed by atoms with van der Waals surface area (Å²) >= 11 is 0. The third-order valence-electron chi connectivity index (χ3n) is 6.26. The Labute approximate surface area is 190 Å². The van der Waals surface area contributed by atoms with Crippen LogP contribution >= 0.6 is 0 Å². The first-order valence-corrected chi connectivity index (χ1v) is 11.4. The Morgan fingerprint density at radius 2 is 1.75 bits per heavy atom. The van der Waals surface area contributed by atoms with E-state index in [0.717, 1.165) is 50.4 Å². The number of carbonyl (C=O) groups excluding carboxylic acids is 1. The van der Waals surface area contributed by atoms with Crippen LogP contribution in [0.15, 0.2) is 52.9 Å². The highest BCUT2D eigenvalue weighted by Gasteiger charge is 2.20. The van der Waals surface area contributed by atoms with Crippen molar-refractivity contribution in [2.45, 2.75) is 27.2 Å². The van der Waals surface area contributed by atoms with Gasteiger partial charge in [-0.25, -0.2) is 4.98 Å². The van der Waals surface area contributed by atoms with Crippen molar-refractivity contribution in [3.8, 4) is 11.3 Å². The molecule has 0 aliphatic carbocycles. The van der Waals surface area contributed by atoms with Crippen LogP contribution < -0.4 is 10.2 Å². The van der Waals surface area contributed by atoms with E-state index in [1.807, 2.05) is 37.3 Å². The molecular weight excluding hydrogens is 400 g/mol. The molecule has 0 radical (unpaired) electrons. The fourth-order valence-corrected chi connectivity index (χ4v) is 4.23. The van der Waals surface area contributed by atoms with Gasteiger partial charge in [-0.2, -0.15) is 0 Å². The monoisotopic (exact) mass is 432 g/mol. The van der Waals surface area contributed by atoms with Crippen LogP contribution in [0.1, 0.15) is 34.0 Å². The molecule has 3 aromatic rings. The van der Waals surface area contributed by atoms with Gasteiger partial charge in [-0.05, 0) is 50.9 Å². The average molecular weight is 433 g/mol. The Hall–Kier alpha value is -3.12. The fraction of sp³-hybridized carbons (Fsp3) is 0.385. The van der Waals surface area contributed by atoms with E-state index < -0.39 is 0 Å². The highest BCUT2D eigenvalue weighted by molar-refractivity contribution is 5.90. The molecule has 0 saturated carbocycles. The van der Waals surface area contributed by atoms with E-state index in [-0.39, 0.29) is 11.8 Å². The SMILES string of the molecule is Cc1cccc(N2CCN(CCCNC(=O)c3nc(-c4ccccc4)c(C)o3)CC2)c1C. The Kier molecular flexibility index (Phi) is 6.90. The van der Waals surface area contributed by atoms with Gasteiger partial charge < -0.3 is 14.6 Å². The maximum Gasteiger partial charge on any atom is 0.307 e. The van der Waals surface area contributed by atoms with Crippen LogP contribution in [-0.2, 0) is 0 Å². The highest BCUT2D eigenvalue weighted by Crippen LogP contribution is 2.24. The largest absolute Gasteiger partial charge is 0.437 e. The molecule has 1 aliphatic heterocycles. The van der Waals surface area contributed by atoms with Crippen LogP contribution in [0, 0.1) is 20.8 Å². The van der Waals surface area contributed by atoms with E-state index in [1.165, 1.54) is 16.8 Å². The number of aromatic nitrogens is 1. The van der Waals surface area contributed by atoms with Gasteiger partial charge in [0.1, 0.15) is 11.5 Å². The molecule has 1 fully saturated rings. The van der Waals surface area contributed by atoms with Gasteiger partial charge in [-0.1, -0.05) is 42.5 Å². The fourth-order valence-electron chi connectivity index (χ4n) is 4.23.